The number of thioether (sulfide) groups is 1. The van der Waals surface area contributed by atoms with Crippen molar-refractivity contribution in [3.8, 4) is 11.5 Å². The summed E-state index contributed by atoms with van der Waals surface area (Å²) < 4.78 is 11.1. The highest BCUT2D eigenvalue weighted by molar-refractivity contribution is 8.25. The smallest absolute Gasteiger partial charge is 0.353 e. The van der Waals surface area contributed by atoms with Gasteiger partial charge >= 0.3 is 5.97 Å². The lowest BCUT2D eigenvalue weighted by Crippen LogP contribution is -2.35. The van der Waals surface area contributed by atoms with Crippen molar-refractivity contribution in [2.24, 2.45) is 10.1 Å². The molecule has 2 aliphatic rings. The van der Waals surface area contributed by atoms with Gasteiger partial charge in [-0.25, -0.2) is 4.79 Å². The van der Waals surface area contributed by atoms with Crippen LogP contribution in [0.25, 0.3) is 6.08 Å². The lowest BCUT2D eigenvalue weighted by Gasteiger charge is -2.20. The Morgan fingerprint density at radius 1 is 1.31 bits per heavy atom. The molecule has 2 aliphatic heterocycles. The van der Waals surface area contributed by atoms with Crippen LogP contribution in [0.5, 0.6) is 11.5 Å². The highest BCUT2D eigenvalue weighted by atomic mass is 32.2. The SMILES string of the molecule is CCOc1cc(/C=C2\C(=N)N3N=CSC3=NC2=O)ccc1OC(=O)c1cccs1. The number of benzene rings is 1. The lowest BCUT2D eigenvalue weighted by atomic mass is 10.1. The van der Waals surface area contributed by atoms with E-state index in [0.717, 1.165) is 0 Å². The second kappa shape index (κ2) is 8.02. The van der Waals surface area contributed by atoms with Crippen LogP contribution in [0.15, 0.2) is 51.4 Å². The summed E-state index contributed by atoms with van der Waals surface area (Å²) in [5.74, 6) is -0.390. The summed E-state index contributed by atoms with van der Waals surface area (Å²) in [5.41, 5.74) is 2.24. The maximum atomic E-state index is 12.3. The first-order chi connectivity index (χ1) is 14.1. The number of ether oxygens (including phenoxy) is 2. The molecule has 4 rings (SSSR count). The minimum Gasteiger partial charge on any atom is -0.490 e. The Labute approximate surface area is 174 Å². The molecule has 0 spiro atoms. The van der Waals surface area contributed by atoms with Crippen LogP contribution in [0, 0.1) is 5.41 Å². The Balaban J connectivity index is 1.63. The van der Waals surface area contributed by atoms with Crippen LogP contribution in [-0.4, -0.2) is 40.0 Å². The summed E-state index contributed by atoms with van der Waals surface area (Å²) in [7, 11) is 0. The molecule has 1 aromatic heterocycles. The molecular formula is C19H14N4O4S2. The number of nitrogens with one attached hydrogen (secondary N) is 1. The number of nitrogens with zero attached hydrogens (tertiary/aromatic N) is 3. The second-order valence-corrected chi connectivity index (χ2v) is 7.52. The third kappa shape index (κ3) is 3.84. The van der Waals surface area contributed by atoms with Gasteiger partial charge < -0.3 is 9.47 Å². The maximum Gasteiger partial charge on any atom is 0.353 e. The predicted molar refractivity (Wildman–Crippen MR) is 113 cm³/mol. The molecule has 1 amide bonds. The molecule has 0 bridgehead atoms. The monoisotopic (exact) mass is 426 g/mol. The van der Waals surface area contributed by atoms with E-state index in [1.165, 1.54) is 39.7 Å². The number of hydrogen-bond acceptors (Lipinski definition) is 8. The van der Waals surface area contributed by atoms with Gasteiger partial charge in [-0.2, -0.15) is 15.1 Å². The van der Waals surface area contributed by atoms with Crippen molar-refractivity contribution in [3.63, 3.8) is 0 Å². The molecule has 0 saturated heterocycles. The van der Waals surface area contributed by atoms with E-state index in [1.54, 1.807) is 35.7 Å². The first-order valence-corrected chi connectivity index (χ1v) is 10.3. The third-order valence-electron chi connectivity index (χ3n) is 3.90. The Kier molecular flexibility index (Phi) is 5.28. The molecule has 0 atom stereocenters. The van der Waals surface area contributed by atoms with Crippen molar-refractivity contribution in [1.82, 2.24) is 5.01 Å². The Hall–Kier alpha value is -3.24. The second-order valence-electron chi connectivity index (χ2n) is 5.76. The van der Waals surface area contributed by atoms with Gasteiger partial charge in [-0.15, -0.1) is 11.3 Å². The number of hydrogen-bond donors (Lipinski definition) is 1. The summed E-state index contributed by atoms with van der Waals surface area (Å²) in [6, 6.07) is 8.37. The summed E-state index contributed by atoms with van der Waals surface area (Å²) in [6.07, 6.45) is 1.54. The van der Waals surface area contributed by atoms with Crippen LogP contribution in [0.3, 0.4) is 0 Å². The predicted octanol–water partition coefficient (Wildman–Crippen LogP) is 3.61. The van der Waals surface area contributed by atoms with Crippen molar-refractivity contribution < 1.29 is 19.1 Å². The van der Waals surface area contributed by atoms with E-state index in [9.17, 15) is 9.59 Å². The minimum absolute atomic E-state index is 0.0487. The molecule has 3 heterocycles. The molecule has 0 unspecified atom stereocenters. The third-order valence-corrected chi connectivity index (χ3v) is 5.42. The molecule has 1 N–H and O–H groups in total. The lowest BCUT2D eigenvalue weighted by molar-refractivity contribution is -0.114. The topological polar surface area (TPSA) is 104 Å². The maximum absolute atomic E-state index is 12.3. The summed E-state index contributed by atoms with van der Waals surface area (Å²) in [4.78, 5) is 29.0. The molecule has 8 nitrogen and oxygen atoms in total. The number of amides is 1. The highest BCUT2D eigenvalue weighted by Gasteiger charge is 2.32. The average Bonchev–Trinajstić information content (AvgIpc) is 3.39. The molecule has 146 valence electrons. The number of aliphatic imine (C=N–C) groups is 1. The van der Waals surface area contributed by atoms with Crippen molar-refractivity contribution >= 4 is 57.6 Å². The van der Waals surface area contributed by atoms with E-state index in [1.807, 2.05) is 6.92 Å². The fourth-order valence-electron chi connectivity index (χ4n) is 2.62. The van der Waals surface area contributed by atoms with Crippen molar-refractivity contribution in [1.29, 1.82) is 5.41 Å². The summed E-state index contributed by atoms with van der Waals surface area (Å²) in [5, 5.41) is 15.7. The number of carbonyl (C=O) groups excluding carboxylic acids is 2. The van der Waals surface area contributed by atoms with Crippen molar-refractivity contribution in [2.45, 2.75) is 6.92 Å². The number of thiophene rings is 1. The van der Waals surface area contributed by atoms with E-state index in [2.05, 4.69) is 10.1 Å². The zero-order valence-electron chi connectivity index (χ0n) is 15.1. The van der Waals surface area contributed by atoms with Gasteiger partial charge in [-0.3, -0.25) is 10.2 Å². The Morgan fingerprint density at radius 3 is 2.93 bits per heavy atom. The molecular weight excluding hydrogens is 412 g/mol. The van der Waals surface area contributed by atoms with E-state index < -0.39 is 11.9 Å². The summed E-state index contributed by atoms with van der Waals surface area (Å²) in [6.45, 7) is 2.18. The van der Waals surface area contributed by atoms with Crippen LogP contribution in [0.1, 0.15) is 22.2 Å². The van der Waals surface area contributed by atoms with Gasteiger partial charge in [0.25, 0.3) is 5.91 Å². The van der Waals surface area contributed by atoms with Crippen LogP contribution in [0.2, 0.25) is 0 Å². The van der Waals surface area contributed by atoms with E-state index >= 15 is 0 Å². The Bertz CT molecular complexity index is 1090. The number of esters is 1. The molecule has 0 fully saturated rings. The van der Waals surface area contributed by atoms with Gasteiger partial charge in [-0.05, 0) is 53.9 Å². The normalized spacial score (nSPS) is 16.8. The number of rotatable bonds is 5. The first kappa shape index (κ1) is 19.1. The van der Waals surface area contributed by atoms with Crippen LogP contribution >= 0.6 is 23.1 Å². The number of carbonyl (C=O) groups is 2. The van der Waals surface area contributed by atoms with Crippen molar-refractivity contribution in [2.75, 3.05) is 6.61 Å². The minimum atomic E-state index is -0.509. The molecule has 1 aromatic carbocycles. The van der Waals surface area contributed by atoms with Crippen LogP contribution in [-0.2, 0) is 4.79 Å². The zero-order chi connectivity index (χ0) is 20.4. The number of fused-ring (bicyclic) bond motifs is 1. The fourth-order valence-corrected chi connectivity index (χ4v) is 3.82. The Morgan fingerprint density at radius 2 is 2.17 bits per heavy atom. The molecule has 0 aliphatic carbocycles. The fraction of sp³-hybridized carbons (Fsp3) is 0.105. The average molecular weight is 426 g/mol. The summed E-state index contributed by atoms with van der Waals surface area (Å²) >= 11 is 2.47. The van der Waals surface area contributed by atoms with Crippen LogP contribution in [0.4, 0.5) is 0 Å². The van der Waals surface area contributed by atoms with Gasteiger partial charge in [0.05, 0.1) is 17.7 Å². The zero-order valence-corrected chi connectivity index (χ0v) is 16.8. The van der Waals surface area contributed by atoms with Gasteiger partial charge in [0.15, 0.2) is 22.5 Å². The van der Waals surface area contributed by atoms with E-state index in [4.69, 9.17) is 14.9 Å². The largest absolute Gasteiger partial charge is 0.490 e. The van der Waals surface area contributed by atoms with E-state index in [-0.39, 0.29) is 17.2 Å². The quantitative estimate of drug-likeness (QED) is 0.445. The van der Waals surface area contributed by atoms with Crippen LogP contribution < -0.4 is 9.47 Å². The van der Waals surface area contributed by atoms with Gasteiger partial charge in [-0.1, -0.05) is 12.1 Å². The van der Waals surface area contributed by atoms with E-state index in [0.29, 0.717) is 28.0 Å². The number of hydrazone groups is 1. The number of amidine groups is 2. The van der Waals surface area contributed by atoms with Gasteiger partial charge in [0, 0.05) is 0 Å². The molecule has 29 heavy (non-hydrogen) atoms. The molecule has 10 heteroatoms. The first-order valence-electron chi connectivity index (χ1n) is 8.52. The van der Waals surface area contributed by atoms with Crippen molar-refractivity contribution in [3.05, 3.63) is 51.7 Å². The highest BCUT2D eigenvalue weighted by Crippen LogP contribution is 2.31. The standard InChI is InChI=1S/C19H14N4O4S2/c1-2-26-14-9-11(5-6-13(14)27-18(25)15-4-3-7-28-15)8-12-16(20)23-19(22-17(12)24)29-10-21-23/h3-10,20H,2H2,1H3/b12-8+,20-16?. The molecule has 0 saturated carbocycles. The molecule has 2 aromatic rings. The van der Waals surface area contributed by atoms with Gasteiger partial charge in [0.1, 0.15) is 4.88 Å². The molecule has 0 radical (unpaired) electrons. The van der Waals surface area contributed by atoms with Gasteiger partial charge in [0.2, 0.25) is 0 Å².